The predicted octanol–water partition coefficient (Wildman–Crippen LogP) is 3.13. The zero-order valence-corrected chi connectivity index (χ0v) is 11.0. The fraction of sp³-hybridized carbons (Fsp3) is 0.500. The van der Waals surface area contributed by atoms with Crippen LogP contribution < -0.4 is 5.32 Å². The molecular formula is C14H18ClNO. The molecule has 0 bridgehead atoms. The Bertz CT molecular complexity index is 402. The lowest BCUT2D eigenvalue weighted by atomic mass is 10.1. The van der Waals surface area contributed by atoms with Gasteiger partial charge in [0.2, 0.25) is 5.91 Å². The highest BCUT2D eigenvalue weighted by molar-refractivity contribution is 6.21. The lowest BCUT2D eigenvalue weighted by molar-refractivity contribution is -0.122. The van der Waals surface area contributed by atoms with Gasteiger partial charge in [-0.2, -0.15) is 0 Å². The van der Waals surface area contributed by atoms with Crippen molar-refractivity contribution >= 4 is 17.5 Å². The fourth-order valence-electron chi connectivity index (χ4n) is 2.01. The van der Waals surface area contributed by atoms with Crippen molar-refractivity contribution in [2.45, 2.75) is 25.6 Å². The minimum Gasteiger partial charge on any atom is -0.354 e. The summed E-state index contributed by atoms with van der Waals surface area (Å²) in [5, 5.41) is 2.78. The topological polar surface area (TPSA) is 29.1 Å². The van der Waals surface area contributed by atoms with Crippen molar-refractivity contribution in [1.29, 1.82) is 0 Å². The quantitative estimate of drug-likeness (QED) is 0.819. The summed E-state index contributed by atoms with van der Waals surface area (Å²) in [4.78, 5) is 11.8. The van der Waals surface area contributed by atoms with Crippen LogP contribution in [0.1, 0.15) is 31.2 Å². The van der Waals surface area contributed by atoms with Crippen molar-refractivity contribution in [1.82, 2.24) is 5.32 Å². The molecule has 0 aliphatic heterocycles. The Hall–Kier alpha value is -1.02. The summed E-state index contributed by atoms with van der Waals surface area (Å²) in [7, 11) is 0. The molecule has 1 aromatic rings. The number of alkyl halides is 1. The molecule has 0 radical (unpaired) electrons. The molecule has 0 aromatic heterocycles. The van der Waals surface area contributed by atoms with Gasteiger partial charge in [0, 0.05) is 12.5 Å². The van der Waals surface area contributed by atoms with Crippen molar-refractivity contribution in [3.8, 4) is 0 Å². The minimum atomic E-state index is -0.151. The van der Waals surface area contributed by atoms with Crippen LogP contribution in [-0.4, -0.2) is 12.5 Å². The number of hydrogen-bond donors (Lipinski definition) is 1. The Labute approximate surface area is 107 Å². The van der Waals surface area contributed by atoms with Crippen molar-refractivity contribution in [2.24, 2.45) is 11.3 Å². The summed E-state index contributed by atoms with van der Waals surface area (Å²) in [6.45, 7) is 4.73. The van der Waals surface area contributed by atoms with E-state index >= 15 is 0 Å². The van der Waals surface area contributed by atoms with Gasteiger partial charge in [-0.05, 0) is 17.4 Å². The molecule has 17 heavy (non-hydrogen) atoms. The first-order valence-corrected chi connectivity index (χ1v) is 6.41. The third-order valence-corrected chi connectivity index (χ3v) is 3.85. The fourth-order valence-corrected chi connectivity index (χ4v) is 2.23. The molecule has 3 heteroatoms. The largest absolute Gasteiger partial charge is 0.354 e. The molecular weight excluding hydrogens is 234 g/mol. The summed E-state index contributed by atoms with van der Waals surface area (Å²) in [6.07, 6.45) is 0.983. The average Bonchev–Trinajstić information content (AvgIpc) is 2.96. The molecule has 0 spiro atoms. The second-order valence-corrected chi connectivity index (χ2v) is 5.90. The van der Waals surface area contributed by atoms with E-state index < -0.39 is 0 Å². The van der Waals surface area contributed by atoms with Crippen molar-refractivity contribution in [3.63, 3.8) is 0 Å². The van der Waals surface area contributed by atoms with Crippen LogP contribution >= 0.6 is 11.6 Å². The maximum Gasteiger partial charge on any atom is 0.223 e. The van der Waals surface area contributed by atoms with Gasteiger partial charge in [-0.1, -0.05) is 44.2 Å². The molecule has 1 aliphatic carbocycles. The molecule has 2 atom stereocenters. The molecule has 2 nitrogen and oxygen atoms in total. The molecule has 1 fully saturated rings. The van der Waals surface area contributed by atoms with Gasteiger partial charge in [0.25, 0.3) is 0 Å². The lowest BCUT2D eigenvalue weighted by Gasteiger charge is -2.11. The molecule has 1 N–H and O–H groups in total. The van der Waals surface area contributed by atoms with Crippen molar-refractivity contribution in [3.05, 3.63) is 35.9 Å². The van der Waals surface area contributed by atoms with Gasteiger partial charge >= 0.3 is 0 Å². The molecule has 1 aliphatic rings. The standard InChI is InChI=1S/C14H18ClNO/c1-14(2)8-11(14)13(17)16-9-12(15)10-6-4-3-5-7-10/h3-7,11-12H,8-9H2,1-2H3,(H,16,17). The molecule has 92 valence electrons. The van der Waals surface area contributed by atoms with Gasteiger partial charge in [0.05, 0.1) is 5.38 Å². The summed E-state index contributed by atoms with van der Waals surface area (Å²) in [5.74, 6) is 0.304. The van der Waals surface area contributed by atoms with Crippen LogP contribution in [0.5, 0.6) is 0 Å². The van der Waals surface area contributed by atoms with Gasteiger partial charge in [0.15, 0.2) is 0 Å². The van der Waals surface area contributed by atoms with E-state index in [2.05, 4.69) is 19.2 Å². The third-order valence-electron chi connectivity index (χ3n) is 3.45. The van der Waals surface area contributed by atoms with Gasteiger partial charge in [-0.3, -0.25) is 4.79 Å². The Kier molecular flexibility index (Phi) is 3.43. The van der Waals surface area contributed by atoms with Crippen LogP contribution in [0, 0.1) is 11.3 Å². The Balaban J connectivity index is 1.81. The van der Waals surface area contributed by atoms with Crippen LogP contribution in [0.15, 0.2) is 30.3 Å². The van der Waals surface area contributed by atoms with E-state index in [4.69, 9.17) is 11.6 Å². The third kappa shape index (κ3) is 3.01. The lowest BCUT2D eigenvalue weighted by Crippen LogP contribution is -2.29. The number of hydrogen-bond acceptors (Lipinski definition) is 1. The zero-order chi connectivity index (χ0) is 12.5. The highest BCUT2D eigenvalue weighted by Gasteiger charge is 2.50. The van der Waals surface area contributed by atoms with E-state index in [1.165, 1.54) is 0 Å². The van der Waals surface area contributed by atoms with E-state index in [-0.39, 0.29) is 22.6 Å². The predicted molar refractivity (Wildman–Crippen MR) is 69.9 cm³/mol. The van der Waals surface area contributed by atoms with Gasteiger partial charge < -0.3 is 5.32 Å². The van der Waals surface area contributed by atoms with Crippen molar-refractivity contribution in [2.75, 3.05) is 6.54 Å². The number of amides is 1. The minimum absolute atomic E-state index is 0.136. The van der Waals surface area contributed by atoms with E-state index in [1.807, 2.05) is 30.3 Å². The van der Waals surface area contributed by atoms with Crippen LogP contribution in [0.2, 0.25) is 0 Å². The summed E-state index contributed by atoms with van der Waals surface area (Å²) in [5.41, 5.74) is 1.23. The normalized spacial score (nSPS) is 22.9. The molecule has 2 rings (SSSR count). The molecule has 2 unspecified atom stereocenters. The zero-order valence-electron chi connectivity index (χ0n) is 10.2. The highest BCUT2D eigenvalue weighted by Crippen LogP contribution is 2.51. The number of nitrogens with one attached hydrogen (secondary N) is 1. The second-order valence-electron chi connectivity index (χ2n) is 5.37. The first-order chi connectivity index (χ1) is 8.00. The van der Waals surface area contributed by atoms with Crippen LogP contribution in [-0.2, 0) is 4.79 Å². The second kappa shape index (κ2) is 4.69. The smallest absolute Gasteiger partial charge is 0.223 e. The first kappa shape index (κ1) is 12.4. The van der Waals surface area contributed by atoms with E-state index in [0.717, 1.165) is 12.0 Å². The highest BCUT2D eigenvalue weighted by atomic mass is 35.5. The summed E-state index contributed by atoms with van der Waals surface area (Å²) >= 11 is 6.23. The SMILES string of the molecule is CC1(C)CC1C(=O)NCC(Cl)c1ccccc1. The average molecular weight is 252 g/mol. The van der Waals surface area contributed by atoms with Gasteiger partial charge in [-0.15, -0.1) is 11.6 Å². The first-order valence-electron chi connectivity index (χ1n) is 5.97. The molecule has 1 aromatic carbocycles. The number of carbonyl (C=O) groups is 1. The Morgan fingerprint density at radius 3 is 2.59 bits per heavy atom. The van der Waals surface area contributed by atoms with E-state index in [9.17, 15) is 4.79 Å². The molecule has 1 amide bonds. The summed E-state index contributed by atoms with van der Waals surface area (Å²) in [6, 6.07) is 9.82. The van der Waals surface area contributed by atoms with E-state index in [1.54, 1.807) is 0 Å². The van der Waals surface area contributed by atoms with Gasteiger partial charge in [0.1, 0.15) is 0 Å². The summed E-state index contributed by atoms with van der Waals surface area (Å²) < 4.78 is 0. The molecule has 0 saturated heterocycles. The number of halogens is 1. The number of rotatable bonds is 4. The van der Waals surface area contributed by atoms with Crippen molar-refractivity contribution < 1.29 is 4.79 Å². The van der Waals surface area contributed by atoms with Crippen LogP contribution in [0.4, 0.5) is 0 Å². The van der Waals surface area contributed by atoms with E-state index in [0.29, 0.717) is 6.54 Å². The Morgan fingerprint density at radius 1 is 1.47 bits per heavy atom. The van der Waals surface area contributed by atoms with Crippen LogP contribution in [0.3, 0.4) is 0 Å². The monoisotopic (exact) mass is 251 g/mol. The molecule has 0 heterocycles. The maximum atomic E-state index is 11.8. The van der Waals surface area contributed by atoms with Crippen LogP contribution in [0.25, 0.3) is 0 Å². The maximum absolute atomic E-state index is 11.8. The van der Waals surface area contributed by atoms with Gasteiger partial charge in [-0.25, -0.2) is 0 Å². The molecule has 1 saturated carbocycles. The number of benzene rings is 1. The number of carbonyl (C=O) groups excluding carboxylic acids is 1. The Morgan fingerprint density at radius 2 is 2.06 bits per heavy atom.